The fraction of sp³-hybridized carbons (Fsp3) is 0.700. The van der Waals surface area contributed by atoms with Crippen molar-refractivity contribution in [3.8, 4) is 6.07 Å². The van der Waals surface area contributed by atoms with Crippen LogP contribution in [0.25, 0.3) is 0 Å². The summed E-state index contributed by atoms with van der Waals surface area (Å²) in [4.78, 5) is 0. The van der Waals surface area contributed by atoms with E-state index in [9.17, 15) is 0 Å². The molecule has 68 valence electrons. The maximum atomic E-state index is 8.45. The van der Waals surface area contributed by atoms with E-state index in [1.54, 1.807) is 0 Å². The topological polar surface area (TPSA) is 35.8 Å². The molecule has 1 unspecified atom stereocenters. The van der Waals surface area contributed by atoms with Crippen LogP contribution < -0.4 is 5.32 Å². The van der Waals surface area contributed by atoms with Crippen LogP contribution in [-0.2, 0) is 0 Å². The van der Waals surface area contributed by atoms with Gasteiger partial charge in [0.2, 0.25) is 0 Å². The van der Waals surface area contributed by atoms with Gasteiger partial charge in [-0.25, -0.2) is 0 Å². The zero-order chi connectivity index (χ0) is 9.23. The van der Waals surface area contributed by atoms with Crippen molar-refractivity contribution in [2.45, 2.75) is 39.2 Å². The summed E-state index contributed by atoms with van der Waals surface area (Å²) < 4.78 is 0. The summed E-state index contributed by atoms with van der Waals surface area (Å²) in [6, 6.07) is 2.13. The number of nitriles is 1. The van der Waals surface area contributed by atoms with Gasteiger partial charge in [0, 0.05) is 0 Å². The average Bonchev–Trinajstić information content (AvgIpc) is 2.10. The van der Waals surface area contributed by atoms with E-state index in [2.05, 4.69) is 23.5 Å². The van der Waals surface area contributed by atoms with Crippen LogP contribution in [0.1, 0.15) is 33.1 Å². The molecule has 0 aromatic rings. The molecule has 12 heavy (non-hydrogen) atoms. The molecular formula is C10H18N2. The summed E-state index contributed by atoms with van der Waals surface area (Å²) in [6.07, 6.45) is 7.75. The lowest BCUT2D eigenvalue weighted by Crippen LogP contribution is -2.25. The first-order valence-corrected chi connectivity index (χ1v) is 4.55. The first-order valence-electron chi connectivity index (χ1n) is 4.55. The van der Waals surface area contributed by atoms with Crippen LogP contribution >= 0.6 is 0 Å². The lowest BCUT2D eigenvalue weighted by molar-refractivity contribution is 0.597. The van der Waals surface area contributed by atoms with Gasteiger partial charge in [-0.05, 0) is 39.7 Å². The number of hydrogen-bond acceptors (Lipinski definition) is 2. The molecule has 0 aliphatic heterocycles. The summed E-state index contributed by atoms with van der Waals surface area (Å²) in [7, 11) is 0. The molecule has 0 bridgehead atoms. The van der Waals surface area contributed by atoms with Gasteiger partial charge in [-0.2, -0.15) is 5.26 Å². The molecule has 0 heterocycles. The summed E-state index contributed by atoms with van der Waals surface area (Å²) in [5, 5.41) is 11.6. The maximum absolute atomic E-state index is 8.45. The predicted octanol–water partition coefficient (Wildman–Crippen LogP) is 2.23. The van der Waals surface area contributed by atoms with Crippen LogP contribution in [0.2, 0.25) is 0 Å². The number of nitrogens with one attached hydrogen (secondary N) is 1. The molecule has 0 saturated heterocycles. The van der Waals surface area contributed by atoms with Crippen LogP contribution in [0.3, 0.4) is 0 Å². The minimum atomic E-state index is -0.00767. The van der Waals surface area contributed by atoms with E-state index in [1.165, 1.54) is 6.42 Å². The number of unbranched alkanes of at least 4 members (excludes halogenated alkanes) is 2. The van der Waals surface area contributed by atoms with Gasteiger partial charge in [0.05, 0.1) is 12.1 Å². The Morgan fingerprint density at radius 2 is 2.25 bits per heavy atom. The predicted molar refractivity (Wildman–Crippen MR) is 51.7 cm³/mol. The number of allylic oxidation sites excluding steroid dienone is 2. The van der Waals surface area contributed by atoms with Crippen LogP contribution in [0.4, 0.5) is 0 Å². The minimum Gasteiger partial charge on any atom is -0.302 e. The highest BCUT2D eigenvalue weighted by molar-refractivity contribution is 4.85. The Morgan fingerprint density at radius 3 is 2.83 bits per heavy atom. The number of nitrogens with zero attached hydrogens (tertiary/aromatic N) is 1. The van der Waals surface area contributed by atoms with Gasteiger partial charge in [0.25, 0.3) is 0 Å². The number of rotatable bonds is 6. The van der Waals surface area contributed by atoms with Gasteiger partial charge in [-0.1, -0.05) is 12.2 Å². The minimum absolute atomic E-state index is 0.00767. The highest BCUT2D eigenvalue weighted by atomic mass is 14.9. The Bertz CT molecular complexity index is 156. The molecule has 0 aliphatic rings. The van der Waals surface area contributed by atoms with E-state index in [4.69, 9.17) is 5.26 Å². The molecule has 0 rings (SSSR count). The van der Waals surface area contributed by atoms with Crippen molar-refractivity contribution in [2.24, 2.45) is 0 Å². The summed E-state index contributed by atoms with van der Waals surface area (Å²) in [5.74, 6) is 0. The SMILES string of the molecule is C/C=C/CCCCNC(C)C#N. The quantitative estimate of drug-likeness (QED) is 0.485. The molecule has 0 aromatic carbocycles. The van der Waals surface area contributed by atoms with Gasteiger partial charge in [-0.15, -0.1) is 0 Å². The molecule has 0 amide bonds. The summed E-state index contributed by atoms with van der Waals surface area (Å²) in [5.41, 5.74) is 0. The molecule has 0 spiro atoms. The summed E-state index contributed by atoms with van der Waals surface area (Å²) in [6.45, 7) is 4.87. The highest BCUT2D eigenvalue weighted by Gasteiger charge is 1.94. The molecule has 0 saturated carbocycles. The van der Waals surface area contributed by atoms with Gasteiger partial charge in [-0.3, -0.25) is 0 Å². The van der Waals surface area contributed by atoms with E-state index in [0.717, 1.165) is 19.4 Å². The third kappa shape index (κ3) is 7.30. The first kappa shape index (κ1) is 11.2. The molecule has 2 nitrogen and oxygen atoms in total. The van der Waals surface area contributed by atoms with Crippen molar-refractivity contribution >= 4 is 0 Å². The fourth-order valence-corrected chi connectivity index (χ4v) is 0.918. The van der Waals surface area contributed by atoms with Crippen molar-refractivity contribution in [1.82, 2.24) is 5.32 Å². The van der Waals surface area contributed by atoms with E-state index in [1.807, 2.05) is 13.8 Å². The van der Waals surface area contributed by atoms with E-state index >= 15 is 0 Å². The lowest BCUT2D eigenvalue weighted by Gasteiger charge is -2.03. The fourth-order valence-electron chi connectivity index (χ4n) is 0.918. The second-order valence-electron chi connectivity index (χ2n) is 2.87. The zero-order valence-electron chi connectivity index (χ0n) is 8.01. The Balaban J connectivity index is 3.06. The van der Waals surface area contributed by atoms with E-state index in [0.29, 0.717) is 0 Å². The summed E-state index contributed by atoms with van der Waals surface area (Å²) >= 11 is 0. The molecule has 0 aromatic heterocycles. The van der Waals surface area contributed by atoms with Gasteiger partial charge < -0.3 is 5.32 Å². The molecule has 0 radical (unpaired) electrons. The zero-order valence-corrected chi connectivity index (χ0v) is 8.01. The standard InChI is InChI=1S/C10H18N2/c1-3-4-5-6-7-8-12-10(2)9-11/h3-4,10,12H,5-8H2,1-2H3/b4-3+. The third-order valence-corrected chi connectivity index (χ3v) is 1.68. The third-order valence-electron chi connectivity index (χ3n) is 1.68. The van der Waals surface area contributed by atoms with Crippen LogP contribution in [0.5, 0.6) is 0 Å². The Morgan fingerprint density at radius 1 is 1.50 bits per heavy atom. The normalized spacial score (nSPS) is 13.1. The monoisotopic (exact) mass is 166 g/mol. The first-order chi connectivity index (χ1) is 5.81. The van der Waals surface area contributed by atoms with Crippen molar-refractivity contribution in [2.75, 3.05) is 6.54 Å². The lowest BCUT2D eigenvalue weighted by atomic mass is 10.2. The number of hydrogen-bond donors (Lipinski definition) is 1. The smallest absolute Gasteiger partial charge is 0.0924 e. The Kier molecular flexibility index (Phi) is 7.73. The van der Waals surface area contributed by atoms with E-state index < -0.39 is 0 Å². The van der Waals surface area contributed by atoms with Crippen molar-refractivity contribution in [3.05, 3.63) is 12.2 Å². The van der Waals surface area contributed by atoms with Crippen LogP contribution in [-0.4, -0.2) is 12.6 Å². The maximum Gasteiger partial charge on any atom is 0.0924 e. The molecule has 2 heteroatoms. The largest absolute Gasteiger partial charge is 0.302 e. The highest BCUT2D eigenvalue weighted by Crippen LogP contribution is 1.95. The van der Waals surface area contributed by atoms with Crippen molar-refractivity contribution in [3.63, 3.8) is 0 Å². The van der Waals surface area contributed by atoms with E-state index in [-0.39, 0.29) is 6.04 Å². The van der Waals surface area contributed by atoms with Crippen LogP contribution in [0, 0.1) is 11.3 Å². The van der Waals surface area contributed by atoms with Gasteiger partial charge in [0.15, 0.2) is 0 Å². The Hall–Kier alpha value is -0.810. The molecule has 1 atom stereocenters. The molecular weight excluding hydrogens is 148 g/mol. The molecule has 0 aliphatic carbocycles. The average molecular weight is 166 g/mol. The Labute approximate surface area is 75.3 Å². The second-order valence-corrected chi connectivity index (χ2v) is 2.87. The van der Waals surface area contributed by atoms with Crippen LogP contribution in [0.15, 0.2) is 12.2 Å². The molecule has 1 N–H and O–H groups in total. The van der Waals surface area contributed by atoms with Crippen molar-refractivity contribution in [1.29, 1.82) is 5.26 Å². The van der Waals surface area contributed by atoms with Gasteiger partial charge in [0.1, 0.15) is 0 Å². The molecule has 0 fully saturated rings. The van der Waals surface area contributed by atoms with Gasteiger partial charge >= 0.3 is 0 Å². The second kappa shape index (κ2) is 8.29. The van der Waals surface area contributed by atoms with Crippen molar-refractivity contribution < 1.29 is 0 Å².